The van der Waals surface area contributed by atoms with Crippen LogP contribution in [0.2, 0.25) is 0 Å². The Morgan fingerprint density at radius 3 is 2.55 bits per heavy atom. The minimum atomic E-state index is -0.192. The van der Waals surface area contributed by atoms with Gasteiger partial charge in [0.05, 0.1) is 6.10 Å². The summed E-state index contributed by atoms with van der Waals surface area (Å²) in [6.07, 6.45) is 6.34. The molecule has 0 aliphatic heterocycles. The van der Waals surface area contributed by atoms with Crippen LogP contribution in [0.5, 0.6) is 0 Å². The number of aliphatic hydroxyl groups excluding tert-OH is 1. The first kappa shape index (κ1) is 8.79. The highest BCUT2D eigenvalue weighted by atomic mass is 16.3. The normalized spacial score (nSPS) is 40.5. The number of rotatable bonds is 1. The lowest BCUT2D eigenvalue weighted by molar-refractivity contribution is 0.00993. The molecular formula is C10H18O. The molecule has 1 aliphatic carbocycles. The average molecular weight is 154 g/mol. The second-order valence-corrected chi connectivity index (χ2v) is 3.99. The van der Waals surface area contributed by atoms with Gasteiger partial charge in [0, 0.05) is 0 Å². The Labute approximate surface area is 69.1 Å². The van der Waals surface area contributed by atoms with E-state index in [4.69, 9.17) is 0 Å². The highest BCUT2D eigenvalue weighted by molar-refractivity contribution is 5.01. The quantitative estimate of drug-likeness (QED) is 0.575. The Bertz CT molecular complexity index is 160. The molecule has 1 heteroatoms. The molecule has 0 amide bonds. The SMILES string of the molecule is CC1CC=CCC1(C)[C@H](C)O. The first-order chi connectivity index (χ1) is 5.07. The molecule has 0 aromatic carbocycles. The van der Waals surface area contributed by atoms with Crippen LogP contribution in [0.3, 0.4) is 0 Å². The summed E-state index contributed by atoms with van der Waals surface area (Å²) in [5.41, 5.74) is 0.106. The van der Waals surface area contributed by atoms with E-state index in [9.17, 15) is 5.11 Å². The second kappa shape index (κ2) is 2.98. The van der Waals surface area contributed by atoms with Crippen molar-refractivity contribution < 1.29 is 5.11 Å². The summed E-state index contributed by atoms with van der Waals surface area (Å²) in [6, 6.07) is 0. The average Bonchev–Trinajstić information content (AvgIpc) is 1.95. The maximum Gasteiger partial charge on any atom is 0.0571 e. The minimum Gasteiger partial charge on any atom is -0.393 e. The molecule has 3 atom stereocenters. The van der Waals surface area contributed by atoms with Gasteiger partial charge in [-0.2, -0.15) is 0 Å². The molecule has 0 saturated carbocycles. The van der Waals surface area contributed by atoms with E-state index in [0.717, 1.165) is 12.8 Å². The van der Waals surface area contributed by atoms with Crippen LogP contribution >= 0.6 is 0 Å². The Morgan fingerprint density at radius 1 is 1.55 bits per heavy atom. The van der Waals surface area contributed by atoms with E-state index in [2.05, 4.69) is 26.0 Å². The molecule has 0 aromatic rings. The molecule has 0 bridgehead atoms. The molecule has 0 aromatic heterocycles. The van der Waals surface area contributed by atoms with E-state index < -0.39 is 0 Å². The van der Waals surface area contributed by atoms with Crippen LogP contribution in [0.15, 0.2) is 12.2 Å². The third kappa shape index (κ3) is 1.48. The van der Waals surface area contributed by atoms with Gasteiger partial charge in [-0.25, -0.2) is 0 Å². The van der Waals surface area contributed by atoms with Crippen LogP contribution in [-0.2, 0) is 0 Å². The molecule has 0 fully saturated rings. The van der Waals surface area contributed by atoms with E-state index in [1.54, 1.807) is 0 Å². The molecule has 2 unspecified atom stereocenters. The van der Waals surface area contributed by atoms with Crippen molar-refractivity contribution in [3.8, 4) is 0 Å². The first-order valence-corrected chi connectivity index (χ1v) is 4.40. The van der Waals surface area contributed by atoms with Crippen molar-refractivity contribution in [1.29, 1.82) is 0 Å². The van der Waals surface area contributed by atoms with E-state index in [-0.39, 0.29) is 11.5 Å². The van der Waals surface area contributed by atoms with E-state index in [1.165, 1.54) is 0 Å². The summed E-state index contributed by atoms with van der Waals surface area (Å²) in [5.74, 6) is 0.604. The van der Waals surface area contributed by atoms with Crippen molar-refractivity contribution in [2.75, 3.05) is 0 Å². The van der Waals surface area contributed by atoms with E-state index in [0.29, 0.717) is 5.92 Å². The van der Waals surface area contributed by atoms with Gasteiger partial charge >= 0.3 is 0 Å². The fraction of sp³-hybridized carbons (Fsp3) is 0.800. The number of allylic oxidation sites excluding steroid dienone is 2. The first-order valence-electron chi connectivity index (χ1n) is 4.40. The summed E-state index contributed by atoms with van der Waals surface area (Å²) in [7, 11) is 0. The molecule has 0 spiro atoms. The topological polar surface area (TPSA) is 20.2 Å². The Balaban J connectivity index is 2.75. The van der Waals surface area contributed by atoms with Crippen LogP contribution in [-0.4, -0.2) is 11.2 Å². The molecule has 1 N–H and O–H groups in total. The summed E-state index contributed by atoms with van der Waals surface area (Å²) in [6.45, 7) is 6.29. The Hall–Kier alpha value is -0.300. The van der Waals surface area contributed by atoms with Gasteiger partial charge in [0.1, 0.15) is 0 Å². The lowest BCUT2D eigenvalue weighted by Gasteiger charge is -2.39. The summed E-state index contributed by atoms with van der Waals surface area (Å²) >= 11 is 0. The fourth-order valence-electron chi connectivity index (χ4n) is 1.69. The summed E-state index contributed by atoms with van der Waals surface area (Å²) < 4.78 is 0. The zero-order valence-electron chi connectivity index (χ0n) is 7.67. The number of hydrogen-bond acceptors (Lipinski definition) is 1. The van der Waals surface area contributed by atoms with Crippen molar-refractivity contribution >= 4 is 0 Å². The molecule has 0 saturated heterocycles. The van der Waals surface area contributed by atoms with Crippen molar-refractivity contribution in [2.45, 2.75) is 39.7 Å². The van der Waals surface area contributed by atoms with Crippen molar-refractivity contribution in [3.05, 3.63) is 12.2 Å². The van der Waals surface area contributed by atoms with Crippen LogP contribution in [0.25, 0.3) is 0 Å². The van der Waals surface area contributed by atoms with Crippen LogP contribution in [0, 0.1) is 11.3 Å². The predicted octanol–water partition coefficient (Wildman–Crippen LogP) is 2.36. The van der Waals surface area contributed by atoms with Gasteiger partial charge < -0.3 is 5.11 Å². The van der Waals surface area contributed by atoms with Gasteiger partial charge in [0.2, 0.25) is 0 Å². The molecule has 64 valence electrons. The van der Waals surface area contributed by atoms with Crippen LogP contribution < -0.4 is 0 Å². The van der Waals surface area contributed by atoms with Crippen molar-refractivity contribution in [2.24, 2.45) is 11.3 Å². The molecule has 0 radical (unpaired) electrons. The monoisotopic (exact) mass is 154 g/mol. The summed E-state index contributed by atoms with van der Waals surface area (Å²) in [4.78, 5) is 0. The zero-order valence-corrected chi connectivity index (χ0v) is 7.67. The second-order valence-electron chi connectivity index (χ2n) is 3.99. The molecule has 0 heterocycles. The van der Waals surface area contributed by atoms with Crippen molar-refractivity contribution in [3.63, 3.8) is 0 Å². The predicted molar refractivity (Wildman–Crippen MR) is 47.3 cm³/mol. The largest absolute Gasteiger partial charge is 0.393 e. The molecule has 1 aliphatic rings. The standard InChI is InChI=1S/C10H18O/c1-8-6-4-5-7-10(8,3)9(2)11/h4-5,8-9,11H,6-7H2,1-3H3/t8?,9-,10?/m0/s1. The maximum atomic E-state index is 9.57. The van der Waals surface area contributed by atoms with E-state index >= 15 is 0 Å². The van der Waals surface area contributed by atoms with Crippen LogP contribution in [0.1, 0.15) is 33.6 Å². The third-order valence-corrected chi connectivity index (χ3v) is 3.29. The maximum absolute atomic E-state index is 9.57. The zero-order chi connectivity index (χ0) is 8.48. The third-order valence-electron chi connectivity index (χ3n) is 3.29. The Morgan fingerprint density at radius 2 is 2.18 bits per heavy atom. The fourth-order valence-corrected chi connectivity index (χ4v) is 1.69. The molecule has 11 heavy (non-hydrogen) atoms. The van der Waals surface area contributed by atoms with E-state index in [1.807, 2.05) is 6.92 Å². The highest BCUT2D eigenvalue weighted by Crippen LogP contribution is 2.40. The van der Waals surface area contributed by atoms with Gasteiger partial charge in [-0.1, -0.05) is 26.0 Å². The van der Waals surface area contributed by atoms with Gasteiger partial charge in [0.15, 0.2) is 0 Å². The van der Waals surface area contributed by atoms with Gasteiger partial charge in [-0.05, 0) is 31.1 Å². The van der Waals surface area contributed by atoms with Gasteiger partial charge in [0.25, 0.3) is 0 Å². The molecule has 1 nitrogen and oxygen atoms in total. The minimum absolute atomic E-state index is 0.106. The van der Waals surface area contributed by atoms with Crippen molar-refractivity contribution in [1.82, 2.24) is 0 Å². The molecule has 1 rings (SSSR count). The Kier molecular flexibility index (Phi) is 2.38. The van der Waals surface area contributed by atoms with Gasteiger partial charge in [-0.3, -0.25) is 0 Å². The van der Waals surface area contributed by atoms with Gasteiger partial charge in [-0.15, -0.1) is 0 Å². The lowest BCUT2D eigenvalue weighted by atomic mass is 9.68. The van der Waals surface area contributed by atoms with Crippen LogP contribution in [0.4, 0.5) is 0 Å². The molecular weight excluding hydrogens is 136 g/mol. The number of hydrogen-bond donors (Lipinski definition) is 1. The smallest absolute Gasteiger partial charge is 0.0571 e. The lowest BCUT2D eigenvalue weighted by Crippen LogP contribution is -2.37. The highest BCUT2D eigenvalue weighted by Gasteiger charge is 2.35. The summed E-state index contributed by atoms with van der Waals surface area (Å²) in [5, 5.41) is 9.57. The number of aliphatic hydroxyl groups is 1.